The maximum absolute atomic E-state index is 13.9. The number of halogens is 1. The van der Waals surface area contributed by atoms with Gasteiger partial charge in [-0.05, 0) is 26.3 Å². The molecule has 1 aliphatic rings. The van der Waals surface area contributed by atoms with Gasteiger partial charge in [-0.2, -0.15) is 0 Å². The summed E-state index contributed by atoms with van der Waals surface area (Å²) in [4.78, 5) is 20.7. The van der Waals surface area contributed by atoms with Gasteiger partial charge in [0.2, 0.25) is 0 Å². The Morgan fingerprint density at radius 1 is 1.54 bits per heavy atom. The summed E-state index contributed by atoms with van der Waals surface area (Å²) in [6.07, 6.45) is 1.11. The lowest BCUT2D eigenvalue weighted by atomic mass is 10.1. The van der Waals surface area contributed by atoms with Crippen molar-refractivity contribution in [3.63, 3.8) is 0 Å². The average Bonchev–Trinajstić information content (AvgIpc) is 3.21. The van der Waals surface area contributed by atoms with Crippen LogP contribution in [0.5, 0.6) is 0 Å². The van der Waals surface area contributed by atoms with Crippen molar-refractivity contribution >= 4 is 17.2 Å². The van der Waals surface area contributed by atoms with E-state index < -0.39 is 6.17 Å². The molecule has 1 amide bonds. The van der Waals surface area contributed by atoms with Crippen molar-refractivity contribution < 1.29 is 13.6 Å². The molecule has 1 fully saturated rings. The molecule has 2 aromatic rings. The Bertz CT molecular complexity index is 714. The first-order chi connectivity index (χ1) is 11.4. The fourth-order valence-corrected chi connectivity index (χ4v) is 3.81. The third-order valence-electron chi connectivity index (χ3n) is 4.43. The highest BCUT2D eigenvalue weighted by Crippen LogP contribution is 2.24. The standard InChI is InChI=1S/C17H22FN3O2S/c1-11-16(4-5-23-11)17(22)20(3)9-15-6-13(18)7-21(15)8-14-10-24-12(2)19-14/h4-5,10,13,15H,6-9H2,1-3H3/t13-,15-/m0/s1. The Morgan fingerprint density at radius 3 is 2.96 bits per heavy atom. The van der Waals surface area contributed by atoms with Gasteiger partial charge in [-0.1, -0.05) is 0 Å². The van der Waals surface area contributed by atoms with E-state index >= 15 is 0 Å². The lowest BCUT2D eigenvalue weighted by Crippen LogP contribution is -2.41. The number of furan rings is 1. The molecular formula is C17H22FN3O2S. The minimum Gasteiger partial charge on any atom is -0.469 e. The van der Waals surface area contributed by atoms with Gasteiger partial charge in [0.25, 0.3) is 5.91 Å². The summed E-state index contributed by atoms with van der Waals surface area (Å²) < 4.78 is 19.1. The van der Waals surface area contributed by atoms with Gasteiger partial charge in [-0.15, -0.1) is 11.3 Å². The van der Waals surface area contributed by atoms with Gasteiger partial charge in [-0.3, -0.25) is 9.69 Å². The van der Waals surface area contributed by atoms with Crippen LogP contribution in [0, 0.1) is 13.8 Å². The van der Waals surface area contributed by atoms with Crippen molar-refractivity contribution in [1.82, 2.24) is 14.8 Å². The molecule has 0 N–H and O–H groups in total. The number of hydrogen-bond donors (Lipinski definition) is 0. The maximum Gasteiger partial charge on any atom is 0.257 e. The van der Waals surface area contributed by atoms with E-state index in [1.54, 1.807) is 36.3 Å². The molecule has 5 nitrogen and oxygen atoms in total. The molecule has 0 aromatic carbocycles. The van der Waals surface area contributed by atoms with Crippen LogP contribution in [-0.4, -0.2) is 53.0 Å². The van der Waals surface area contributed by atoms with E-state index in [2.05, 4.69) is 9.88 Å². The molecule has 2 atom stereocenters. The molecule has 0 aliphatic carbocycles. The maximum atomic E-state index is 13.9. The highest BCUT2D eigenvalue weighted by atomic mass is 32.1. The second kappa shape index (κ2) is 7.03. The number of aromatic nitrogens is 1. The molecule has 1 saturated heterocycles. The van der Waals surface area contributed by atoms with Gasteiger partial charge in [0.05, 0.1) is 22.5 Å². The first-order valence-electron chi connectivity index (χ1n) is 8.02. The number of hydrogen-bond acceptors (Lipinski definition) is 5. The normalized spacial score (nSPS) is 21.3. The molecule has 7 heteroatoms. The zero-order chi connectivity index (χ0) is 17.3. The van der Waals surface area contributed by atoms with Gasteiger partial charge >= 0.3 is 0 Å². The molecule has 3 rings (SSSR count). The van der Waals surface area contributed by atoms with Crippen LogP contribution in [0.1, 0.15) is 33.2 Å². The van der Waals surface area contributed by atoms with Gasteiger partial charge in [0.1, 0.15) is 11.9 Å². The SMILES string of the molecule is Cc1nc(CN2C[C@@H](F)C[C@H]2CN(C)C(=O)c2ccoc2C)cs1. The summed E-state index contributed by atoms with van der Waals surface area (Å²) in [5.41, 5.74) is 1.53. The Morgan fingerprint density at radius 2 is 2.33 bits per heavy atom. The van der Waals surface area contributed by atoms with Crippen LogP contribution in [0.15, 0.2) is 22.1 Å². The monoisotopic (exact) mass is 351 g/mol. The van der Waals surface area contributed by atoms with Crippen molar-refractivity contribution in [3.8, 4) is 0 Å². The van der Waals surface area contributed by atoms with E-state index in [1.165, 1.54) is 6.26 Å². The molecule has 0 unspecified atom stereocenters. The summed E-state index contributed by atoms with van der Waals surface area (Å²) in [6.45, 7) is 5.25. The number of alkyl halides is 1. The first kappa shape index (κ1) is 17.1. The number of likely N-dealkylation sites (tertiary alicyclic amines) is 1. The minimum absolute atomic E-state index is 0.00293. The second-order valence-corrected chi connectivity index (χ2v) is 7.41. The zero-order valence-electron chi connectivity index (χ0n) is 14.2. The van der Waals surface area contributed by atoms with Gasteiger partial charge < -0.3 is 9.32 Å². The van der Waals surface area contributed by atoms with Crippen LogP contribution in [0.4, 0.5) is 4.39 Å². The topological polar surface area (TPSA) is 49.6 Å². The van der Waals surface area contributed by atoms with E-state index in [4.69, 9.17) is 4.42 Å². The predicted molar refractivity (Wildman–Crippen MR) is 91.0 cm³/mol. The number of aryl methyl sites for hydroxylation is 2. The zero-order valence-corrected chi connectivity index (χ0v) is 15.0. The molecule has 24 heavy (non-hydrogen) atoms. The Kier molecular flexibility index (Phi) is 5.01. The second-order valence-electron chi connectivity index (χ2n) is 6.35. The molecule has 0 radical (unpaired) electrons. The fourth-order valence-electron chi connectivity index (χ4n) is 3.21. The number of thiazole rings is 1. The van der Waals surface area contributed by atoms with Crippen molar-refractivity contribution in [1.29, 1.82) is 0 Å². The Balaban J connectivity index is 1.65. The van der Waals surface area contributed by atoms with Crippen molar-refractivity contribution in [3.05, 3.63) is 39.7 Å². The van der Waals surface area contributed by atoms with Crippen molar-refractivity contribution in [2.75, 3.05) is 20.1 Å². The molecule has 1 aliphatic heterocycles. The number of carbonyl (C=O) groups excluding carboxylic acids is 1. The third kappa shape index (κ3) is 3.67. The molecule has 0 bridgehead atoms. The van der Waals surface area contributed by atoms with Crippen LogP contribution in [0.3, 0.4) is 0 Å². The Hall–Kier alpha value is -1.73. The lowest BCUT2D eigenvalue weighted by molar-refractivity contribution is 0.0747. The molecule has 130 valence electrons. The summed E-state index contributed by atoms with van der Waals surface area (Å²) >= 11 is 1.60. The summed E-state index contributed by atoms with van der Waals surface area (Å²) in [6, 6.07) is 1.68. The van der Waals surface area contributed by atoms with Gasteiger partial charge in [0.15, 0.2) is 0 Å². The Labute approximate surface area is 145 Å². The van der Waals surface area contributed by atoms with E-state index in [1.807, 2.05) is 12.3 Å². The van der Waals surface area contributed by atoms with E-state index in [0.29, 0.717) is 37.4 Å². The van der Waals surface area contributed by atoms with Gasteiger partial charge in [0, 0.05) is 38.1 Å². The highest BCUT2D eigenvalue weighted by Gasteiger charge is 2.34. The van der Waals surface area contributed by atoms with Crippen LogP contribution in [0.25, 0.3) is 0 Å². The lowest BCUT2D eigenvalue weighted by Gasteiger charge is -2.27. The van der Waals surface area contributed by atoms with E-state index in [-0.39, 0.29) is 11.9 Å². The number of amides is 1. The largest absolute Gasteiger partial charge is 0.469 e. The molecule has 3 heterocycles. The van der Waals surface area contributed by atoms with Crippen LogP contribution in [0.2, 0.25) is 0 Å². The predicted octanol–water partition coefficient (Wildman–Crippen LogP) is 3.04. The van der Waals surface area contributed by atoms with Gasteiger partial charge in [-0.25, -0.2) is 9.37 Å². The highest BCUT2D eigenvalue weighted by molar-refractivity contribution is 7.09. The quantitative estimate of drug-likeness (QED) is 0.831. The van der Waals surface area contributed by atoms with Crippen molar-refractivity contribution in [2.24, 2.45) is 0 Å². The number of carbonyl (C=O) groups is 1. The summed E-state index contributed by atoms with van der Waals surface area (Å²) in [5, 5.41) is 3.03. The van der Waals surface area contributed by atoms with Crippen molar-refractivity contribution in [2.45, 2.75) is 39.0 Å². The van der Waals surface area contributed by atoms with E-state index in [9.17, 15) is 9.18 Å². The smallest absolute Gasteiger partial charge is 0.257 e. The number of likely N-dealkylation sites (N-methyl/N-ethyl adjacent to an activating group) is 1. The average molecular weight is 351 g/mol. The van der Waals surface area contributed by atoms with E-state index in [0.717, 1.165) is 10.7 Å². The summed E-state index contributed by atoms with van der Waals surface area (Å²) in [5.74, 6) is 0.518. The molecule has 0 spiro atoms. The number of rotatable bonds is 5. The summed E-state index contributed by atoms with van der Waals surface area (Å²) in [7, 11) is 1.76. The minimum atomic E-state index is -0.853. The number of nitrogens with zero attached hydrogens (tertiary/aromatic N) is 3. The molecule has 0 saturated carbocycles. The fraction of sp³-hybridized carbons (Fsp3) is 0.529. The third-order valence-corrected chi connectivity index (χ3v) is 5.25. The molecule has 2 aromatic heterocycles. The van der Waals surface area contributed by atoms with Crippen LogP contribution >= 0.6 is 11.3 Å². The van der Waals surface area contributed by atoms with Crippen LogP contribution in [-0.2, 0) is 6.54 Å². The first-order valence-corrected chi connectivity index (χ1v) is 8.90. The van der Waals surface area contributed by atoms with Crippen LogP contribution < -0.4 is 0 Å². The molecular weight excluding hydrogens is 329 g/mol.